The van der Waals surface area contributed by atoms with E-state index in [4.69, 9.17) is 15.7 Å². The topological polar surface area (TPSA) is 131 Å². The van der Waals surface area contributed by atoms with Crippen LogP contribution in [-0.2, 0) is 10.1 Å². The Balaban J connectivity index is 2.66. The van der Waals surface area contributed by atoms with Gasteiger partial charge in [0.05, 0.1) is 19.0 Å². The van der Waals surface area contributed by atoms with Crippen molar-refractivity contribution in [1.82, 2.24) is 9.78 Å². The van der Waals surface area contributed by atoms with Crippen LogP contribution in [0.5, 0.6) is 5.75 Å². The lowest BCUT2D eigenvalue weighted by atomic mass is 10.3. The van der Waals surface area contributed by atoms with Crippen molar-refractivity contribution in [3.8, 4) is 17.5 Å². The fourth-order valence-corrected chi connectivity index (χ4v) is 2.32. The number of anilines is 1. The van der Waals surface area contributed by atoms with Gasteiger partial charge in [-0.25, -0.2) is 4.68 Å². The maximum absolute atomic E-state index is 11.3. The molecule has 0 saturated heterocycles. The molecule has 8 nitrogen and oxygen atoms in total. The highest BCUT2D eigenvalue weighted by molar-refractivity contribution is 7.86. The first-order valence-corrected chi connectivity index (χ1v) is 6.72. The zero-order chi connectivity index (χ0) is 14.9. The molecule has 1 aromatic carbocycles. The van der Waals surface area contributed by atoms with Crippen molar-refractivity contribution in [3.63, 3.8) is 0 Å². The molecule has 0 spiro atoms. The molecular weight excluding hydrogens is 284 g/mol. The molecule has 0 bridgehead atoms. The summed E-state index contributed by atoms with van der Waals surface area (Å²) in [7, 11) is -3.18. The molecule has 0 aliphatic heterocycles. The molecule has 20 heavy (non-hydrogen) atoms. The molecule has 0 unspecified atom stereocenters. The number of nitrogens with zero attached hydrogens (tertiary/aromatic N) is 3. The van der Waals surface area contributed by atoms with Crippen LogP contribution in [0.3, 0.4) is 0 Å². The Labute approximate surface area is 114 Å². The predicted octanol–water partition coefficient (Wildman–Crippen LogP) is 0.581. The number of nitrogen functional groups attached to an aromatic ring is 1. The maximum Gasteiger partial charge on any atom is 0.298 e. The van der Waals surface area contributed by atoms with Crippen LogP contribution in [0.25, 0.3) is 5.69 Å². The highest BCUT2D eigenvalue weighted by Gasteiger charge is 2.19. The van der Waals surface area contributed by atoms with Gasteiger partial charge in [0, 0.05) is 0 Å². The summed E-state index contributed by atoms with van der Waals surface area (Å²) in [4.78, 5) is -0.411. The molecule has 2 aromatic rings. The van der Waals surface area contributed by atoms with Crippen LogP contribution >= 0.6 is 0 Å². The Morgan fingerprint density at radius 1 is 1.50 bits per heavy atom. The van der Waals surface area contributed by atoms with Crippen molar-refractivity contribution in [1.29, 1.82) is 5.26 Å². The Bertz CT molecular complexity index is 804. The summed E-state index contributed by atoms with van der Waals surface area (Å²) in [5.41, 5.74) is 6.15. The predicted molar refractivity (Wildman–Crippen MR) is 69.1 cm³/mol. The monoisotopic (exact) mass is 294 g/mol. The minimum Gasteiger partial charge on any atom is -0.495 e. The van der Waals surface area contributed by atoms with E-state index >= 15 is 0 Å². The van der Waals surface area contributed by atoms with Crippen molar-refractivity contribution < 1.29 is 17.7 Å². The number of hydrogen-bond donors (Lipinski definition) is 2. The number of methoxy groups -OCH3 is 1. The molecular formula is C11H10N4O4S. The van der Waals surface area contributed by atoms with Gasteiger partial charge in [0.2, 0.25) is 0 Å². The fourth-order valence-electron chi connectivity index (χ4n) is 1.65. The number of aromatic nitrogens is 2. The molecule has 1 heterocycles. The van der Waals surface area contributed by atoms with E-state index in [0.29, 0.717) is 0 Å². The number of nitrogens with two attached hydrogens (primary N) is 1. The first-order chi connectivity index (χ1) is 9.38. The molecule has 1 aromatic heterocycles. The molecule has 0 aliphatic rings. The van der Waals surface area contributed by atoms with E-state index in [1.54, 1.807) is 0 Å². The Hall–Kier alpha value is -2.57. The molecule has 0 amide bonds. The highest BCUT2D eigenvalue weighted by Crippen LogP contribution is 2.27. The van der Waals surface area contributed by atoms with Gasteiger partial charge >= 0.3 is 0 Å². The van der Waals surface area contributed by atoms with E-state index in [2.05, 4.69) is 5.10 Å². The van der Waals surface area contributed by atoms with E-state index in [9.17, 15) is 13.0 Å². The summed E-state index contributed by atoms with van der Waals surface area (Å²) in [6.07, 6.45) is 1.26. The second-order valence-electron chi connectivity index (χ2n) is 3.78. The van der Waals surface area contributed by atoms with Crippen LogP contribution in [0.15, 0.2) is 29.3 Å². The molecule has 3 N–H and O–H groups in total. The van der Waals surface area contributed by atoms with E-state index in [0.717, 1.165) is 6.07 Å². The third-order valence-electron chi connectivity index (χ3n) is 2.60. The van der Waals surface area contributed by atoms with Gasteiger partial charge in [-0.3, -0.25) is 4.55 Å². The van der Waals surface area contributed by atoms with Gasteiger partial charge in [-0.05, 0) is 18.2 Å². The van der Waals surface area contributed by atoms with E-state index in [1.807, 2.05) is 6.07 Å². The third-order valence-corrected chi connectivity index (χ3v) is 3.47. The van der Waals surface area contributed by atoms with Crippen molar-refractivity contribution >= 4 is 15.9 Å². The summed E-state index contributed by atoms with van der Waals surface area (Å²) in [6.45, 7) is 0. The van der Waals surface area contributed by atoms with Crippen molar-refractivity contribution in [2.24, 2.45) is 0 Å². The van der Waals surface area contributed by atoms with Crippen LogP contribution in [0.2, 0.25) is 0 Å². The van der Waals surface area contributed by atoms with Gasteiger partial charge < -0.3 is 10.5 Å². The molecule has 0 aliphatic carbocycles. The minimum absolute atomic E-state index is 0.0116. The first kappa shape index (κ1) is 13.9. The zero-order valence-corrected chi connectivity index (χ0v) is 11.1. The van der Waals surface area contributed by atoms with Gasteiger partial charge in [-0.15, -0.1) is 0 Å². The standard InChI is InChI=1S/C11H10N4O4S/c1-19-9-3-2-8(4-10(9)20(16,17)18)15-11(13)7(5-12)6-14-15/h2-4,6H,13H2,1H3,(H,16,17,18). The number of rotatable bonds is 3. The van der Waals surface area contributed by atoms with Crippen LogP contribution in [0, 0.1) is 11.3 Å². The van der Waals surface area contributed by atoms with Gasteiger partial charge in [0.15, 0.2) is 0 Å². The van der Waals surface area contributed by atoms with Crippen LogP contribution in [0.4, 0.5) is 5.82 Å². The maximum atomic E-state index is 11.3. The minimum atomic E-state index is -4.46. The first-order valence-electron chi connectivity index (χ1n) is 5.28. The second-order valence-corrected chi connectivity index (χ2v) is 5.17. The Kier molecular flexibility index (Phi) is 3.35. The van der Waals surface area contributed by atoms with Crippen LogP contribution in [0.1, 0.15) is 5.56 Å². The lowest BCUT2D eigenvalue weighted by Crippen LogP contribution is -2.06. The number of nitriles is 1. The molecule has 0 radical (unpaired) electrons. The number of benzene rings is 1. The SMILES string of the molecule is COc1ccc(-n2ncc(C#N)c2N)cc1S(=O)(=O)O. The highest BCUT2D eigenvalue weighted by atomic mass is 32.2. The van der Waals surface area contributed by atoms with E-state index in [1.165, 1.54) is 30.1 Å². The number of ether oxygens (including phenoxy) is 1. The van der Waals surface area contributed by atoms with E-state index in [-0.39, 0.29) is 22.8 Å². The van der Waals surface area contributed by atoms with Crippen molar-refractivity contribution in [2.45, 2.75) is 4.90 Å². The smallest absolute Gasteiger partial charge is 0.298 e. The van der Waals surface area contributed by atoms with Crippen LogP contribution in [-0.4, -0.2) is 29.9 Å². The van der Waals surface area contributed by atoms with Gasteiger partial charge in [0.25, 0.3) is 10.1 Å². The molecule has 9 heteroatoms. The average Bonchev–Trinajstić information content (AvgIpc) is 2.78. The fraction of sp³-hybridized carbons (Fsp3) is 0.0909. The second kappa shape index (κ2) is 4.84. The normalized spacial score (nSPS) is 11.1. The van der Waals surface area contributed by atoms with Crippen molar-refractivity contribution in [2.75, 3.05) is 12.8 Å². The lowest BCUT2D eigenvalue weighted by molar-refractivity contribution is 0.397. The molecule has 2 rings (SSSR count). The van der Waals surface area contributed by atoms with Crippen molar-refractivity contribution in [3.05, 3.63) is 30.0 Å². The summed E-state index contributed by atoms with van der Waals surface area (Å²) in [5, 5.41) is 12.7. The molecule has 104 valence electrons. The quantitative estimate of drug-likeness (QED) is 0.791. The summed E-state index contributed by atoms with van der Waals surface area (Å²) < 4.78 is 37.8. The molecule has 0 fully saturated rings. The molecule has 0 atom stereocenters. The Morgan fingerprint density at radius 3 is 2.70 bits per heavy atom. The third kappa shape index (κ3) is 2.29. The summed E-state index contributed by atoms with van der Waals surface area (Å²) in [5.74, 6) is 0.0569. The molecule has 0 saturated carbocycles. The average molecular weight is 294 g/mol. The number of hydrogen-bond acceptors (Lipinski definition) is 6. The van der Waals surface area contributed by atoms with Gasteiger partial charge in [-0.2, -0.15) is 18.8 Å². The van der Waals surface area contributed by atoms with E-state index < -0.39 is 15.0 Å². The van der Waals surface area contributed by atoms with Gasteiger partial charge in [-0.1, -0.05) is 0 Å². The Morgan fingerprint density at radius 2 is 2.20 bits per heavy atom. The van der Waals surface area contributed by atoms with Gasteiger partial charge in [0.1, 0.15) is 28.1 Å². The lowest BCUT2D eigenvalue weighted by Gasteiger charge is -2.09. The summed E-state index contributed by atoms with van der Waals surface area (Å²) in [6, 6.07) is 5.85. The summed E-state index contributed by atoms with van der Waals surface area (Å²) >= 11 is 0. The largest absolute Gasteiger partial charge is 0.495 e. The van der Waals surface area contributed by atoms with Crippen LogP contribution < -0.4 is 10.5 Å². The zero-order valence-electron chi connectivity index (χ0n) is 10.3.